The van der Waals surface area contributed by atoms with Crippen LogP contribution < -0.4 is 16.4 Å². The first-order valence-electron chi connectivity index (χ1n) is 12.2. The fourth-order valence-electron chi connectivity index (χ4n) is 4.15. The van der Waals surface area contributed by atoms with E-state index in [4.69, 9.17) is 15.2 Å². The maximum absolute atomic E-state index is 12.4. The third-order valence-electron chi connectivity index (χ3n) is 5.75. The second-order valence-electron chi connectivity index (χ2n) is 9.75. The Bertz CT molecular complexity index is 1110. The zero-order valence-corrected chi connectivity index (χ0v) is 21.3. The van der Waals surface area contributed by atoms with E-state index in [-0.39, 0.29) is 31.4 Å². The molecule has 0 saturated heterocycles. The molecule has 0 unspecified atom stereocenters. The minimum Gasteiger partial charge on any atom is -0.480 e. The molecule has 0 aromatic heterocycles. The molecule has 0 saturated carbocycles. The molecule has 10 nitrogen and oxygen atoms in total. The van der Waals surface area contributed by atoms with Crippen LogP contribution in [0.5, 0.6) is 0 Å². The first-order valence-corrected chi connectivity index (χ1v) is 12.2. The highest BCUT2D eigenvalue weighted by atomic mass is 16.6. The van der Waals surface area contributed by atoms with Gasteiger partial charge in [-0.15, -0.1) is 0 Å². The smallest absolute Gasteiger partial charge is 0.414 e. The molecule has 2 amide bonds. The Hall–Kier alpha value is -4.08. The number of carboxylic acid groups (broad SMARTS) is 1. The van der Waals surface area contributed by atoms with Crippen LogP contribution in [0, 0.1) is 0 Å². The fourth-order valence-corrected chi connectivity index (χ4v) is 4.15. The molecule has 0 aliphatic heterocycles. The number of ether oxygens (including phenoxy) is 2. The SMILES string of the molecule is CC(C)(C)OC(=O)NC(N)=NCCCC[C@H](NC(=O)OCC1c2ccccc2-c2ccccc21)C(=O)O. The number of rotatable bonds is 9. The van der Waals surface area contributed by atoms with Crippen LogP contribution in [0.3, 0.4) is 0 Å². The number of carbonyl (C=O) groups excluding carboxylic acids is 2. The average Bonchev–Trinajstić information content (AvgIpc) is 3.14. The van der Waals surface area contributed by atoms with Gasteiger partial charge in [-0.3, -0.25) is 10.3 Å². The molecule has 0 radical (unpaired) electrons. The standard InChI is InChI=1S/C27H34N4O6/c1-27(2,3)37-26(35)31-24(28)29-15-9-8-14-22(23(32)33)30-25(34)36-16-21-19-12-6-4-10-17(19)18-11-5-7-13-20(18)21/h4-7,10-13,21-22H,8-9,14-16H2,1-3H3,(H,30,34)(H,32,33)(H3,28,29,31,35)/t22-/m0/s1. The van der Waals surface area contributed by atoms with Crippen molar-refractivity contribution in [3.05, 3.63) is 59.7 Å². The summed E-state index contributed by atoms with van der Waals surface area (Å²) in [5.41, 5.74) is 9.38. The summed E-state index contributed by atoms with van der Waals surface area (Å²) in [7, 11) is 0. The van der Waals surface area contributed by atoms with Gasteiger partial charge in [-0.05, 0) is 62.3 Å². The summed E-state index contributed by atoms with van der Waals surface area (Å²) < 4.78 is 10.5. The number of fused-ring (bicyclic) bond motifs is 3. The molecule has 0 spiro atoms. The lowest BCUT2D eigenvalue weighted by atomic mass is 9.98. The van der Waals surface area contributed by atoms with Crippen LogP contribution in [0.15, 0.2) is 53.5 Å². The number of aliphatic imine (C=N–C) groups is 1. The Kier molecular flexibility index (Phi) is 9.10. The summed E-state index contributed by atoms with van der Waals surface area (Å²) in [6.07, 6.45) is -0.324. The van der Waals surface area contributed by atoms with Crippen LogP contribution in [0.4, 0.5) is 9.59 Å². The van der Waals surface area contributed by atoms with Gasteiger partial charge in [0.1, 0.15) is 18.2 Å². The summed E-state index contributed by atoms with van der Waals surface area (Å²) in [6.45, 7) is 5.57. The highest BCUT2D eigenvalue weighted by Crippen LogP contribution is 2.44. The van der Waals surface area contributed by atoms with Gasteiger partial charge in [0, 0.05) is 12.5 Å². The number of hydrogen-bond acceptors (Lipinski definition) is 6. The number of nitrogens with one attached hydrogen (secondary N) is 2. The molecule has 0 bridgehead atoms. The van der Waals surface area contributed by atoms with E-state index < -0.39 is 29.8 Å². The van der Waals surface area contributed by atoms with Crippen LogP contribution in [0.1, 0.15) is 57.1 Å². The van der Waals surface area contributed by atoms with Crippen molar-refractivity contribution in [2.24, 2.45) is 10.7 Å². The summed E-state index contributed by atoms with van der Waals surface area (Å²) in [6, 6.07) is 14.9. The van der Waals surface area contributed by atoms with Crippen molar-refractivity contribution in [3.8, 4) is 11.1 Å². The molecule has 2 aromatic carbocycles. The van der Waals surface area contributed by atoms with E-state index in [9.17, 15) is 19.5 Å². The Morgan fingerprint density at radius 2 is 1.59 bits per heavy atom. The number of carbonyl (C=O) groups is 3. The zero-order chi connectivity index (χ0) is 27.0. The van der Waals surface area contributed by atoms with Crippen molar-refractivity contribution in [2.75, 3.05) is 13.2 Å². The van der Waals surface area contributed by atoms with Crippen LogP contribution in [-0.4, -0.2) is 54.0 Å². The van der Waals surface area contributed by atoms with Crippen molar-refractivity contribution >= 4 is 24.1 Å². The van der Waals surface area contributed by atoms with Crippen molar-refractivity contribution in [1.82, 2.24) is 10.6 Å². The van der Waals surface area contributed by atoms with Gasteiger partial charge < -0.3 is 25.6 Å². The summed E-state index contributed by atoms with van der Waals surface area (Å²) in [5.74, 6) is -1.34. The third kappa shape index (κ3) is 7.96. The first-order chi connectivity index (χ1) is 17.5. The van der Waals surface area contributed by atoms with E-state index in [0.717, 1.165) is 22.3 Å². The Morgan fingerprint density at radius 1 is 1.00 bits per heavy atom. The van der Waals surface area contributed by atoms with Crippen molar-refractivity contribution in [2.45, 2.75) is 57.6 Å². The van der Waals surface area contributed by atoms with Gasteiger partial charge >= 0.3 is 18.2 Å². The lowest BCUT2D eigenvalue weighted by molar-refractivity contribution is -0.139. The van der Waals surface area contributed by atoms with E-state index in [2.05, 4.69) is 15.6 Å². The topological polar surface area (TPSA) is 152 Å². The lowest BCUT2D eigenvalue weighted by Gasteiger charge is -2.19. The van der Waals surface area contributed by atoms with Gasteiger partial charge in [0.05, 0.1) is 0 Å². The van der Waals surface area contributed by atoms with E-state index in [0.29, 0.717) is 12.8 Å². The Labute approximate surface area is 216 Å². The zero-order valence-electron chi connectivity index (χ0n) is 21.3. The largest absolute Gasteiger partial charge is 0.480 e. The second-order valence-corrected chi connectivity index (χ2v) is 9.75. The minimum atomic E-state index is -1.15. The summed E-state index contributed by atoms with van der Waals surface area (Å²) in [4.78, 5) is 39.8. The number of carboxylic acids is 1. The number of nitrogens with two attached hydrogens (primary N) is 1. The van der Waals surface area contributed by atoms with E-state index in [1.807, 2.05) is 48.5 Å². The molecular weight excluding hydrogens is 476 g/mol. The predicted octanol–water partition coefficient (Wildman–Crippen LogP) is 3.99. The quantitative estimate of drug-likeness (QED) is 0.226. The second kappa shape index (κ2) is 12.2. The molecular formula is C27H34N4O6. The van der Waals surface area contributed by atoms with Gasteiger partial charge in [0.25, 0.3) is 0 Å². The van der Waals surface area contributed by atoms with Gasteiger partial charge in [-0.2, -0.15) is 0 Å². The fraction of sp³-hybridized carbons (Fsp3) is 0.407. The van der Waals surface area contributed by atoms with Gasteiger partial charge in [0.15, 0.2) is 5.96 Å². The number of aliphatic carboxylic acids is 1. The van der Waals surface area contributed by atoms with Crippen LogP contribution in [-0.2, 0) is 14.3 Å². The Morgan fingerprint density at radius 3 is 2.16 bits per heavy atom. The lowest BCUT2D eigenvalue weighted by Crippen LogP contribution is -2.41. The summed E-state index contributed by atoms with van der Waals surface area (Å²) in [5, 5.41) is 14.3. The van der Waals surface area contributed by atoms with Crippen LogP contribution in [0.2, 0.25) is 0 Å². The van der Waals surface area contributed by atoms with Gasteiger partial charge in [0.2, 0.25) is 0 Å². The molecule has 198 valence electrons. The third-order valence-corrected chi connectivity index (χ3v) is 5.75. The Balaban J connectivity index is 1.44. The maximum Gasteiger partial charge on any atom is 0.414 e. The molecule has 2 aromatic rings. The predicted molar refractivity (Wildman–Crippen MR) is 139 cm³/mol. The number of hydrogen-bond donors (Lipinski definition) is 4. The molecule has 37 heavy (non-hydrogen) atoms. The first kappa shape index (κ1) is 27.5. The van der Waals surface area contributed by atoms with Gasteiger partial charge in [-0.25, -0.2) is 14.4 Å². The number of unbranched alkanes of at least 4 members (excludes halogenated alkanes) is 1. The maximum atomic E-state index is 12.4. The van der Waals surface area contributed by atoms with E-state index in [1.54, 1.807) is 20.8 Å². The van der Waals surface area contributed by atoms with Gasteiger partial charge in [-0.1, -0.05) is 48.5 Å². The monoisotopic (exact) mass is 510 g/mol. The molecule has 1 atom stereocenters. The van der Waals surface area contributed by atoms with Crippen molar-refractivity contribution in [1.29, 1.82) is 0 Å². The number of guanidine groups is 1. The molecule has 1 aliphatic carbocycles. The number of nitrogens with zero attached hydrogens (tertiary/aromatic N) is 1. The van der Waals surface area contributed by atoms with E-state index >= 15 is 0 Å². The molecule has 0 heterocycles. The average molecular weight is 511 g/mol. The normalized spacial score (nSPS) is 13.8. The molecule has 5 N–H and O–H groups in total. The minimum absolute atomic E-state index is 0.0826. The van der Waals surface area contributed by atoms with Crippen molar-refractivity contribution in [3.63, 3.8) is 0 Å². The van der Waals surface area contributed by atoms with E-state index in [1.165, 1.54) is 0 Å². The highest BCUT2D eigenvalue weighted by Gasteiger charge is 2.29. The van der Waals surface area contributed by atoms with Crippen LogP contribution in [0.25, 0.3) is 11.1 Å². The highest BCUT2D eigenvalue weighted by molar-refractivity contribution is 5.93. The number of benzene rings is 2. The molecule has 1 aliphatic rings. The number of amides is 2. The number of alkyl carbamates (subject to hydrolysis) is 2. The molecule has 3 rings (SSSR count). The van der Waals surface area contributed by atoms with Crippen LogP contribution >= 0.6 is 0 Å². The summed E-state index contributed by atoms with van der Waals surface area (Å²) >= 11 is 0. The van der Waals surface area contributed by atoms with Crippen molar-refractivity contribution < 1.29 is 29.0 Å². The molecule has 0 fully saturated rings. The molecule has 10 heteroatoms.